The molecule has 1 fully saturated rings. The Balaban J connectivity index is 0.00000324. The van der Waals surface area contributed by atoms with Gasteiger partial charge in [-0.25, -0.2) is 0 Å². The van der Waals surface area contributed by atoms with Gasteiger partial charge >= 0.3 is 0 Å². The number of rotatable bonds is 8. The SMILES string of the molecule is C.[B]C([B])Oc1cc(-c2cnn(C3CCOCC3)c2)ccc1CN1CCC=C([C@](C)(O)CO)C1. The van der Waals surface area contributed by atoms with E-state index in [-0.39, 0.29) is 14.0 Å². The van der Waals surface area contributed by atoms with Crippen LogP contribution in [0.2, 0.25) is 0 Å². The first-order valence-electron chi connectivity index (χ1n) is 11.5. The van der Waals surface area contributed by atoms with Crippen molar-refractivity contribution in [1.29, 1.82) is 0 Å². The number of benzene rings is 1. The Morgan fingerprint density at radius 3 is 2.74 bits per heavy atom. The minimum absolute atomic E-state index is 0. The zero-order chi connectivity index (χ0) is 23.4. The third-order valence-corrected chi connectivity index (χ3v) is 6.45. The van der Waals surface area contributed by atoms with E-state index >= 15 is 0 Å². The summed E-state index contributed by atoms with van der Waals surface area (Å²) >= 11 is 0. The lowest BCUT2D eigenvalue weighted by atomic mass is 9.82. The lowest BCUT2D eigenvalue weighted by Crippen LogP contribution is -2.40. The lowest BCUT2D eigenvalue weighted by molar-refractivity contribution is 0.0247. The molecule has 9 heteroatoms. The van der Waals surface area contributed by atoms with Crippen LogP contribution < -0.4 is 4.74 Å². The second-order valence-corrected chi connectivity index (χ2v) is 9.12. The van der Waals surface area contributed by atoms with E-state index in [0.717, 1.165) is 61.3 Å². The van der Waals surface area contributed by atoms with Crippen LogP contribution in [0, 0.1) is 0 Å². The van der Waals surface area contributed by atoms with Crippen molar-refractivity contribution in [1.82, 2.24) is 14.7 Å². The molecule has 2 N–H and O–H groups in total. The van der Waals surface area contributed by atoms with Crippen LogP contribution in [-0.4, -0.2) is 85.0 Å². The van der Waals surface area contributed by atoms with Crippen LogP contribution in [0.1, 0.15) is 45.2 Å². The van der Waals surface area contributed by atoms with Crippen LogP contribution in [0.25, 0.3) is 11.1 Å². The van der Waals surface area contributed by atoms with Crippen LogP contribution >= 0.6 is 0 Å². The van der Waals surface area contributed by atoms with Gasteiger partial charge in [-0.05, 0) is 43.4 Å². The van der Waals surface area contributed by atoms with Crippen LogP contribution in [0.15, 0.2) is 42.2 Å². The first-order valence-corrected chi connectivity index (χ1v) is 11.5. The van der Waals surface area contributed by atoms with Gasteiger partial charge in [0.25, 0.3) is 0 Å². The molecular weight excluding hydrogens is 428 g/mol. The molecule has 180 valence electrons. The van der Waals surface area contributed by atoms with Crippen molar-refractivity contribution in [3.63, 3.8) is 0 Å². The molecule has 4 rings (SSSR count). The monoisotopic (exact) mass is 463 g/mol. The lowest BCUT2D eigenvalue weighted by Gasteiger charge is -2.34. The molecule has 0 aliphatic carbocycles. The number of nitrogens with zero attached hydrogens (tertiary/aromatic N) is 3. The van der Waals surface area contributed by atoms with E-state index in [9.17, 15) is 10.2 Å². The van der Waals surface area contributed by atoms with Gasteiger partial charge in [-0.15, -0.1) is 0 Å². The average molecular weight is 463 g/mol. The van der Waals surface area contributed by atoms with Gasteiger partial charge in [-0.2, -0.15) is 5.10 Å². The summed E-state index contributed by atoms with van der Waals surface area (Å²) in [5.74, 6) is -0.303. The average Bonchev–Trinajstić information content (AvgIpc) is 3.31. The van der Waals surface area contributed by atoms with E-state index in [0.29, 0.717) is 24.9 Å². The highest BCUT2D eigenvalue weighted by molar-refractivity contribution is 6.34. The Labute approximate surface area is 205 Å². The second-order valence-electron chi connectivity index (χ2n) is 9.12. The summed E-state index contributed by atoms with van der Waals surface area (Å²) in [5, 5.41) is 24.5. The minimum Gasteiger partial charge on any atom is -0.510 e. The molecule has 0 unspecified atom stereocenters. The Bertz CT molecular complexity index is 971. The van der Waals surface area contributed by atoms with Crippen molar-refractivity contribution in [2.75, 3.05) is 32.9 Å². The van der Waals surface area contributed by atoms with Crippen molar-refractivity contribution >= 4 is 15.7 Å². The molecule has 1 saturated heterocycles. The molecule has 0 amide bonds. The maximum absolute atomic E-state index is 10.4. The fraction of sp³-hybridized carbons (Fsp3) is 0.560. The van der Waals surface area contributed by atoms with Crippen molar-refractivity contribution < 1.29 is 19.7 Å². The van der Waals surface area contributed by atoms with E-state index < -0.39 is 11.5 Å². The largest absolute Gasteiger partial charge is 0.510 e. The number of hydrogen-bond acceptors (Lipinski definition) is 6. The molecule has 0 saturated carbocycles. The highest BCUT2D eigenvalue weighted by atomic mass is 16.5. The topological polar surface area (TPSA) is 80.0 Å². The Morgan fingerprint density at radius 1 is 1.26 bits per heavy atom. The summed E-state index contributed by atoms with van der Waals surface area (Å²) in [6, 6.07) is 6.40. The summed E-state index contributed by atoms with van der Waals surface area (Å²) < 4.78 is 13.2. The Morgan fingerprint density at radius 2 is 2.03 bits per heavy atom. The van der Waals surface area contributed by atoms with Crippen molar-refractivity contribution in [3.05, 3.63) is 47.8 Å². The van der Waals surface area contributed by atoms with Crippen molar-refractivity contribution in [2.24, 2.45) is 0 Å². The van der Waals surface area contributed by atoms with Crippen LogP contribution in [0.5, 0.6) is 5.75 Å². The molecule has 7 nitrogen and oxygen atoms in total. The summed E-state index contributed by atoms with van der Waals surface area (Å²) in [6.45, 7) is 4.89. The summed E-state index contributed by atoms with van der Waals surface area (Å²) in [7, 11) is 11.5. The quantitative estimate of drug-likeness (QED) is 0.463. The smallest absolute Gasteiger partial charge is 0.122 e. The molecular formula is C25H35B2N3O4. The van der Waals surface area contributed by atoms with Gasteiger partial charge in [0.05, 0.1) is 18.8 Å². The maximum atomic E-state index is 10.4. The third-order valence-electron chi connectivity index (χ3n) is 6.45. The molecule has 3 heterocycles. The highest BCUT2D eigenvalue weighted by Crippen LogP contribution is 2.31. The normalized spacial score (nSPS) is 19.4. The molecule has 0 spiro atoms. The van der Waals surface area contributed by atoms with Gasteiger partial charge in [0.2, 0.25) is 0 Å². The van der Waals surface area contributed by atoms with E-state index in [4.69, 9.17) is 25.2 Å². The number of ether oxygens (including phenoxy) is 2. The summed E-state index contributed by atoms with van der Waals surface area (Å²) in [6.07, 6.45) is 8.68. The van der Waals surface area contributed by atoms with Gasteiger partial charge in [0.15, 0.2) is 0 Å². The maximum Gasteiger partial charge on any atom is 0.122 e. The molecule has 1 aromatic carbocycles. The molecule has 34 heavy (non-hydrogen) atoms. The zero-order valence-electron chi connectivity index (χ0n) is 19.2. The van der Waals surface area contributed by atoms with Gasteiger partial charge in [0.1, 0.15) is 27.0 Å². The first kappa shape index (κ1) is 26.5. The Kier molecular flexibility index (Phi) is 9.04. The standard InChI is InChI=1S/C24H31B2N3O4.CH4/c1-24(31,16-30)20-3-2-8-28(15-20)13-18-5-4-17(11-22(18)33-23(25)26)19-12-27-29(14-19)21-6-9-32-10-7-21;/h3-5,11-12,14,21,23,30-31H,2,6-10,13,15-16H2,1H3;1H4/t24-;/m1./s1. The molecule has 2 aromatic rings. The van der Waals surface area contributed by atoms with E-state index in [1.807, 2.05) is 29.1 Å². The van der Waals surface area contributed by atoms with Crippen molar-refractivity contribution in [3.8, 4) is 16.9 Å². The van der Waals surface area contributed by atoms with Gasteiger partial charge in [0, 0.05) is 56.1 Å². The van der Waals surface area contributed by atoms with Gasteiger partial charge in [-0.1, -0.05) is 25.6 Å². The molecule has 2 aliphatic heterocycles. The number of aromatic nitrogens is 2. The predicted molar refractivity (Wildman–Crippen MR) is 135 cm³/mol. The molecule has 1 aromatic heterocycles. The van der Waals surface area contributed by atoms with E-state index in [2.05, 4.69) is 22.3 Å². The van der Waals surface area contributed by atoms with Crippen molar-refractivity contribution in [2.45, 2.75) is 57.7 Å². The van der Waals surface area contributed by atoms with Crippen LogP contribution in [0.4, 0.5) is 0 Å². The molecule has 2 aliphatic rings. The second kappa shape index (κ2) is 11.6. The van der Waals surface area contributed by atoms with Crippen LogP contribution in [-0.2, 0) is 11.3 Å². The summed E-state index contributed by atoms with van der Waals surface area (Å²) in [5.41, 5.74) is 2.56. The van der Waals surface area contributed by atoms with Crippen LogP contribution in [0.3, 0.4) is 0 Å². The van der Waals surface area contributed by atoms with E-state index in [1.165, 1.54) is 0 Å². The highest BCUT2D eigenvalue weighted by Gasteiger charge is 2.28. The predicted octanol–water partition coefficient (Wildman–Crippen LogP) is 2.41. The molecule has 0 bridgehead atoms. The molecule has 1 atom stereocenters. The molecule has 4 radical (unpaired) electrons. The number of aliphatic hydroxyl groups is 2. The van der Waals surface area contributed by atoms with Gasteiger partial charge < -0.3 is 19.7 Å². The third kappa shape index (κ3) is 6.33. The van der Waals surface area contributed by atoms with Gasteiger partial charge in [-0.3, -0.25) is 9.58 Å². The minimum atomic E-state index is -1.22. The zero-order valence-corrected chi connectivity index (χ0v) is 19.2. The first-order chi connectivity index (χ1) is 15.9. The van der Waals surface area contributed by atoms with E-state index in [1.54, 1.807) is 6.92 Å². The fourth-order valence-electron chi connectivity index (χ4n) is 4.43. The Hall–Kier alpha value is -2.06. The fourth-order valence-corrected chi connectivity index (χ4v) is 4.43. The number of aliphatic hydroxyl groups excluding tert-OH is 1. The summed E-state index contributed by atoms with van der Waals surface area (Å²) in [4.78, 5) is 2.21. The number of hydrogen-bond donors (Lipinski definition) is 2.